The van der Waals surface area contributed by atoms with Gasteiger partial charge in [0, 0.05) is 25.2 Å². The molecule has 1 unspecified atom stereocenters. The number of carboxylic acids is 1. The first-order chi connectivity index (χ1) is 11.1. The van der Waals surface area contributed by atoms with Crippen molar-refractivity contribution in [2.75, 3.05) is 0 Å². The Morgan fingerprint density at radius 2 is 1.87 bits per heavy atom. The number of amides is 1. The van der Waals surface area contributed by atoms with E-state index in [-0.39, 0.29) is 5.91 Å². The molecule has 1 aromatic heterocycles. The number of aliphatic carboxylic acids is 1. The molecule has 0 spiro atoms. The van der Waals surface area contributed by atoms with Crippen molar-refractivity contribution in [3.8, 4) is 0 Å². The predicted octanol–water partition coefficient (Wildman–Crippen LogP) is 2.13. The fraction of sp³-hybridized carbons (Fsp3) is 0.167. The number of fused-ring (bicyclic) bond motifs is 1. The topological polar surface area (TPSA) is 70.5 Å². The molecule has 1 N–H and O–H groups in total. The molecular weight excluding hydrogens is 292 g/mol. The van der Waals surface area contributed by atoms with Crippen molar-refractivity contribution in [2.45, 2.75) is 19.0 Å². The Bertz CT molecular complexity index is 756. The van der Waals surface area contributed by atoms with Crippen LogP contribution in [0, 0.1) is 0 Å². The molecule has 2 heterocycles. The lowest BCUT2D eigenvalue weighted by Crippen LogP contribution is -2.48. The number of pyridine rings is 1. The van der Waals surface area contributed by atoms with Crippen LogP contribution in [0.15, 0.2) is 54.7 Å². The Hall–Kier alpha value is -2.95. The minimum atomic E-state index is -0.987. The number of rotatable bonds is 3. The van der Waals surface area contributed by atoms with E-state index in [1.165, 1.54) is 11.0 Å². The number of hydrogen-bond donors (Lipinski definition) is 1. The number of carbonyl (C=O) groups excluding carboxylic acids is 1. The summed E-state index contributed by atoms with van der Waals surface area (Å²) in [6.45, 7) is 0.304. The monoisotopic (exact) mass is 308 g/mol. The lowest BCUT2D eigenvalue weighted by Gasteiger charge is -2.33. The van der Waals surface area contributed by atoms with E-state index in [1.54, 1.807) is 24.4 Å². The maximum absolute atomic E-state index is 12.4. The van der Waals surface area contributed by atoms with Crippen molar-refractivity contribution in [1.29, 1.82) is 0 Å². The summed E-state index contributed by atoms with van der Waals surface area (Å²) in [4.78, 5) is 29.5. The van der Waals surface area contributed by atoms with Crippen LogP contribution in [0.3, 0.4) is 0 Å². The molecule has 3 rings (SSSR count). The molecule has 0 fully saturated rings. The van der Waals surface area contributed by atoms with Gasteiger partial charge in [-0.25, -0.2) is 4.79 Å². The van der Waals surface area contributed by atoms with Gasteiger partial charge in [0.25, 0.3) is 0 Å². The molecule has 116 valence electrons. The number of hydrogen-bond acceptors (Lipinski definition) is 3. The van der Waals surface area contributed by atoms with Crippen molar-refractivity contribution in [1.82, 2.24) is 9.88 Å². The molecule has 0 saturated carbocycles. The number of benzene rings is 1. The third-order valence-corrected chi connectivity index (χ3v) is 3.90. The number of carboxylic acid groups (broad SMARTS) is 1. The first kappa shape index (κ1) is 15.0. The average Bonchev–Trinajstić information content (AvgIpc) is 2.59. The molecule has 0 aliphatic carbocycles. The Balaban J connectivity index is 1.83. The third-order valence-electron chi connectivity index (χ3n) is 3.90. The van der Waals surface area contributed by atoms with Crippen LogP contribution in [0.5, 0.6) is 0 Å². The van der Waals surface area contributed by atoms with Gasteiger partial charge in [0.15, 0.2) is 0 Å². The molecule has 5 heteroatoms. The Kier molecular flexibility index (Phi) is 4.19. The largest absolute Gasteiger partial charge is 0.480 e. The standard InChI is InChI=1S/C18H16N2O3/c21-17(9-8-15-7-3-4-10-19-15)20-12-14-6-2-1-5-13(14)11-16(20)18(22)23/h1-10,16H,11-12H2,(H,22,23). The van der Waals surface area contributed by atoms with Crippen molar-refractivity contribution in [3.63, 3.8) is 0 Å². The predicted molar refractivity (Wildman–Crippen MR) is 85.4 cm³/mol. The quantitative estimate of drug-likeness (QED) is 0.882. The molecule has 1 atom stereocenters. The summed E-state index contributed by atoms with van der Waals surface area (Å²) in [5.41, 5.74) is 2.63. The second-order valence-electron chi connectivity index (χ2n) is 5.38. The Morgan fingerprint density at radius 3 is 2.57 bits per heavy atom. The third kappa shape index (κ3) is 3.29. The highest BCUT2D eigenvalue weighted by Crippen LogP contribution is 2.23. The highest BCUT2D eigenvalue weighted by Gasteiger charge is 2.33. The first-order valence-corrected chi connectivity index (χ1v) is 7.34. The summed E-state index contributed by atoms with van der Waals surface area (Å²) in [7, 11) is 0. The second-order valence-corrected chi connectivity index (χ2v) is 5.38. The van der Waals surface area contributed by atoms with Gasteiger partial charge in [-0.05, 0) is 29.3 Å². The molecule has 1 aliphatic heterocycles. The summed E-state index contributed by atoms with van der Waals surface area (Å²) >= 11 is 0. The van der Waals surface area contributed by atoms with Crippen LogP contribution in [0.1, 0.15) is 16.8 Å². The van der Waals surface area contributed by atoms with Gasteiger partial charge in [-0.1, -0.05) is 30.3 Å². The van der Waals surface area contributed by atoms with Crippen molar-refractivity contribution < 1.29 is 14.7 Å². The van der Waals surface area contributed by atoms with Gasteiger partial charge < -0.3 is 10.0 Å². The smallest absolute Gasteiger partial charge is 0.326 e. The van der Waals surface area contributed by atoms with Crippen molar-refractivity contribution >= 4 is 18.0 Å². The van der Waals surface area contributed by atoms with E-state index in [9.17, 15) is 14.7 Å². The van der Waals surface area contributed by atoms with E-state index < -0.39 is 12.0 Å². The van der Waals surface area contributed by atoms with Crippen molar-refractivity contribution in [2.24, 2.45) is 0 Å². The minimum absolute atomic E-state index is 0.304. The van der Waals surface area contributed by atoms with Crippen LogP contribution in [-0.2, 0) is 22.6 Å². The summed E-state index contributed by atoms with van der Waals surface area (Å²) in [6.07, 6.45) is 4.95. The molecule has 5 nitrogen and oxygen atoms in total. The highest BCUT2D eigenvalue weighted by atomic mass is 16.4. The molecule has 0 saturated heterocycles. The number of carbonyl (C=O) groups is 2. The van der Waals surface area contributed by atoms with Gasteiger partial charge >= 0.3 is 5.97 Å². The van der Waals surface area contributed by atoms with Crippen LogP contribution in [0.4, 0.5) is 0 Å². The van der Waals surface area contributed by atoms with Crippen LogP contribution < -0.4 is 0 Å². The van der Waals surface area contributed by atoms with E-state index in [0.717, 1.165) is 11.1 Å². The van der Waals surface area contributed by atoms with Gasteiger partial charge in [0.2, 0.25) is 5.91 Å². The van der Waals surface area contributed by atoms with Crippen LogP contribution in [0.2, 0.25) is 0 Å². The lowest BCUT2D eigenvalue weighted by molar-refractivity contribution is -0.149. The van der Waals surface area contributed by atoms with Gasteiger partial charge in [-0.15, -0.1) is 0 Å². The zero-order valence-electron chi connectivity index (χ0n) is 12.4. The maximum atomic E-state index is 12.4. The summed E-state index contributed by atoms with van der Waals surface area (Å²) in [5.74, 6) is -1.31. The molecule has 23 heavy (non-hydrogen) atoms. The SMILES string of the molecule is O=C(O)C1Cc2ccccc2CN1C(=O)C=Cc1ccccn1. The van der Waals surface area contributed by atoms with E-state index in [1.807, 2.05) is 30.3 Å². The van der Waals surface area contributed by atoms with Gasteiger partial charge in [0.05, 0.1) is 5.69 Å². The van der Waals surface area contributed by atoms with E-state index in [2.05, 4.69) is 4.98 Å². The highest BCUT2D eigenvalue weighted by molar-refractivity contribution is 5.94. The van der Waals surface area contributed by atoms with E-state index in [0.29, 0.717) is 18.7 Å². The van der Waals surface area contributed by atoms with Crippen LogP contribution in [-0.4, -0.2) is 32.9 Å². The zero-order chi connectivity index (χ0) is 16.2. The molecule has 2 aromatic rings. The Labute approximate surface area is 133 Å². The van der Waals surface area contributed by atoms with Crippen molar-refractivity contribution in [3.05, 3.63) is 71.6 Å². The van der Waals surface area contributed by atoms with Gasteiger partial charge in [0.1, 0.15) is 6.04 Å². The second kappa shape index (κ2) is 6.44. The van der Waals surface area contributed by atoms with E-state index >= 15 is 0 Å². The molecule has 0 bridgehead atoms. The van der Waals surface area contributed by atoms with Gasteiger partial charge in [-0.2, -0.15) is 0 Å². The minimum Gasteiger partial charge on any atom is -0.480 e. The summed E-state index contributed by atoms with van der Waals surface area (Å²) < 4.78 is 0. The fourth-order valence-corrected chi connectivity index (χ4v) is 2.70. The van der Waals surface area contributed by atoms with E-state index in [4.69, 9.17) is 0 Å². The first-order valence-electron chi connectivity index (χ1n) is 7.34. The number of nitrogens with zero attached hydrogens (tertiary/aromatic N) is 2. The fourth-order valence-electron chi connectivity index (χ4n) is 2.70. The van der Waals surface area contributed by atoms with Gasteiger partial charge in [-0.3, -0.25) is 9.78 Å². The average molecular weight is 308 g/mol. The lowest BCUT2D eigenvalue weighted by atomic mass is 9.94. The maximum Gasteiger partial charge on any atom is 0.326 e. The normalized spacial score (nSPS) is 17.0. The van der Waals surface area contributed by atoms with Crippen LogP contribution in [0.25, 0.3) is 6.08 Å². The molecule has 1 amide bonds. The molecule has 1 aromatic carbocycles. The van der Waals surface area contributed by atoms with Crippen LogP contribution >= 0.6 is 0 Å². The molecular formula is C18H16N2O3. The molecule has 0 radical (unpaired) electrons. The zero-order valence-corrected chi connectivity index (χ0v) is 12.4. The Morgan fingerprint density at radius 1 is 1.13 bits per heavy atom. The number of aromatic nitrogens is 1. The summed E-state index contributed by atoms with van der Waals surface area (Å²) in [5, 5.41) is 9.44. The summed E-state index contributed by atoms with van der Waals surface area (Å²) in [6, 6.07) is 12.2. The molecule has 1 aliphatic rings.